The molecule has 1 heterocycles. The first-order chi connectivity index (χ1) is 8.74. The van der Waals surface area contributed by atoms with Gasteiger partial charge in [-0.3, -0.25) is 4.79 Å². The van der Waals surface area contributed by atoms with Crippen LogP contribution in [0.5, 0.6) is 0 Å². The maximum absolute atomic E-state index is 12.0. The lowest BCUT2D eigenvalue weighted by Crippen LogP contribution is -2.38. The van der Waals surface area contributed by atoms with E-state index in [1.165, 1.54) is 4.90 Å². The van der Waals surface area contributed by atoms with Gasteiger partial charge in [-0.05, 0) is 27.2 Å². The third-order valence-corrected chi connectivity index (χ3v) is 3.00. The van der Waals surface area contributed by atoms with Crippen molar-refractivity contribution in [2.75, 3.05) is 33.3 Å². The minimum absolute atomic E-state index is 0.0277. The van der Waals surface area contributed by atoms with E-state index < -0.39 is 5.60 Å². The standard InChI is InChI=1S/C13H24N2O4/c1-13(2,3)19-12(18)15-6-5-10(9-15)11(17)14(4)7-8-16/h10,16H,5-9H2,1-4H3/t10-/m1/s1. The highest BCUT2D eigenvalue weighted by Gasteiger charge is 2.34. The molecule has 1 rings (SSSR count). The van der Waals surface area contributed by atoms with Gasteiger partial charge in [0.2, 0.25) is 5.91 Å². The van der Waals surface area contributed by atoms with E-state index in [9.17, 15) is 9.59 Å². The van der Waals surface area contributed by atoms with Crippen molar-refractivity contribution in [1.82, 2.24) is 9.80 Å². The Balaban J connectivity index is 2.49. The second-order valence-electron chi connectivity index (χ2n) is 5.90. The Morgan fingerprint density at radius 2 is 2.05 bits per heavy atom. The SMILES string of the molecule is CN(CCO)C(=O)[C@@H]1CCN(C(=O)OC(C)(C)C)C1. The van der Waals surface area contributed by atoms with Gasteiger partial charge in [0.25, 0.3) is 0 Å². The summed E-state index contributed by atoms with van der Waals surface area (Å²) < 4.78 is 5.28. The topological polar surface area (TPSA) is 70.1 Å². The van der Waals surface area contributed by atoms with E-state index in [-0.39, 0.29) is 24.5 Å². The number of carbonyl (C=O) groups excluding carboxylic acids is 2. The number of hydrogen-bond acceptors (Lipinski definition) is 4. The third kappa shape index (κ3) is 4.70. The van der Waals surface area contributed by atoms with Gasteiger partial charge < -0.3 is 19.6 Å². The summed E-state index contributed by atoms with van der Waals surface area (Å²) in [5.74, 6) is -0.218. The zero-order valence-electron chi connectivity index (χ0n) is 12.2. The number of carbonyl (C=O) groups is 2. The van der Waals surface area contributed by atoms with Gasteiger partial charge in [-0.15, -0.1) is 0 Å². The molecule has 0 bridgehead atoms. The Morgan fingerprint density at radius 3 is 2.58 bits per heavy atom. The van der Waals surface area contributed by atoms with Crippen LogP contribution in [-0.2, 0) is 9.53 Å². The van der Waals surface area contributed by atoms with Crippen LogP contribution in [0.2, 0.25) is 0 Å². The lowest BCUT2D eigenvalue weighted by Gasteiger charge is -2.25. The molecule has 0 radical (unpaired) electrons. The normalized spacial score (nSPS) is 19.4. The van der Waals surface area contributed by atoms with Gasteiger partial charge in [0.05, 0.1) is 12.5 Å². The molecule has 0 unspecified atom stereocenters. The molecule has 1 atom stereocenters. The predicted molar refractivity (Wildman–Crippen MR) is 70.6 cm³/mol. The van der Waals surface area contributed by atoms with Crippen LogP contribution < -0.4 is 0 Å². The lowest BCUT2D eigenvalue weighted by molar-refractivity contribution is -0.134. The van der Waals surface area contributed by atoms with Crippen molar-refractivity contribution < 1.29 is 19.4 Å². The van der Waals surface area contributed by atoms with Crippen molar-refractivity contribution >= 4 is 12.0 Å². The second-order valence-corrected chi connectivity index (χ2v) is 5.90. The highest BCUT2D eigenvalue weighted by Crippen LogP contribution is 2.20. The van der Waals surface area contributed by atoms with Crippen LogP contribution in [0.15, 0.2) is 0 Å². The first-order valence-electron chi connectivity index (χ1n) is 6.58. The van der Waals surface area contributed by atoms with E-state index in [4.69, 9.17) is 9.84 Å². The summed E-state index contributed by atoms with van der Waals surface area (Å²) in [7, 11) is 1.66. The second kappa shape index (κ2) is 6.23. The molecule has 6 heteroatoms. The monoisotopic (exact) mass is 272 g/mol. The number of likely N-dealkylation sites (tertiary alicyclic amines) is 1. The number of amides is 2. The van der Waals surface area contributed by atoms with E-state index in [1.54, 1.807) is 11.9 Å². The van der Waals surface area contributed by atoms with E-state index in [2.05, 4.69) is 0 Å². The summed E-state index contributed by atoms with van der Waals surface area (Å²) in [6.45, 7) is 6.66. The summed E-state index contributed by atoms with van der Waals surface area (Å²) in [5, 5.41) is 8.82. The third-order valence-electron chi connectivity index (χ3n) is 3.00. The molecule has 1 aliphatic rings. The molecule has 6 nitrogen and oxygen atoms in total. The van der Waals surface area contributed by atoms with Gasteiger partial charge in [0, 0.05) is 26.7 Å². The van der Waals surface area contributed by atoms with Crippen molar-refractivity contribution in [2.45, 2.75) is 32.8 Å². The fourth-order valence-electron chi connectivity index (χ4n) is 2.03. The zero-order valence-corrected chi connectivity index (χ0v) is 12.2. The lowest BCUT2D eigenvalue weighted by atomic mass is 10.1. The quantitative estimate of drug-likeness (QED) is 0.821. The summed E-state index contributed by atoms with van der Waals surface area (Å²) in [5.41, 5.74) is -0.521. The van der Waals surface area contributed by atoms with Crippen molar-refractivity contribution in [3.63, 3.8) is 0 Å². The highest BCUT2D eigenvalue weighted by atomic mass is 16.6. The predicted octanol–water partition coefficient (Wildman–Crippen LogP) is 0.694. The molecule has 0 saturated carbocycles. The molecule has 0 aromatic heterocycles. The molecule has 110 valence electrons. The number of ether oxygens (including phenoxy) is 1. The maximum Gasteiger partial charge on any atom is 0.410 e. The minimum Gasteiger partial charge on any atom is -0.444 e. The van der Waals surface area contributed by atoms with Crippen LogP contribution in [0.25, 0.3) is 0 Å². The van der Waals surface area contributed by atoms with E-state index in [1.807, 2.05) is 20.8 Å². The maximum atomic E-state index is 12.0. The van der Waals surface area contributed by atoms with E-state index in [0.717, 1.165) is 0 Å². The average Bonchev–Trinajstić information content (AvgIpc) is 2.75. The number of aliphatic hydroxyl groups excluding tert-OH is 1. The number of rotatable bonds is 3. The largest absolute Gasteiger partial charge is 0.444 e. The van der Waals surface area contributed by atoms with E-state index >= 15 is 0 Å². The van der Waals surface area contributed by atoms with Crippen LogP contribution in [-0.4, -0.2) is 65.8 Å². The zero-order chi connectivity index (χ0) is 14.6. The molecule has 0 aliphatic carbocycles. The smallest absolute Gasteiger partial charge is 0.410 e. The molecule has 2 amide bonds. The van der Waals surface area contributed by atoms with Crippen LogP contribution in [0, 0.1) is 5.92 Å². The molecular weight excluding hydrogens is 248 g/mol. The van der Waals surface area contributed by atoms with Crippen LogP contribution in [0.1, 0.15) is 27.2 Å². The van der Waals surface area contributed by atoms with Crippen LogP contribution in [0.4, 0.5) is 4.79 Å². The summed E-state index contributed by atoms with van der Waals surface area (Å²) in [6, 6.07) is 0. The number of aliphatic hydroxyl groups is 1. The Hall–Kier alpha value is -1.30. The van der Waals surface area contributed by atoms with Gasteiger partial charge >= 0.3 is 6.09 Å². The first-order valence-corrected chi connectivity index (χ1v) is 6.58. The summed E-state index contributed by atoms with van der Waals surface area (Å²) >= 11 is 0. The molecule has 1 saturated heterocycles. The molecule has 1 aliphatic heterocycles. The Bertz CT molecular complexity index is 338. The molecule has 1 fully saturated rings. The fourth-order valence-corrected chi connectivity index (χ4v) is 2.03. The number of hydrogen-bond donors (Lipinski definition) is 1. The highest BCUT2D eigenvalue weighted by molar-refractivity contribution is 5.80. The molecule has 0 aromatic carbocycles. The van der Waals surface area contributed by atoms with Crippen LogP contribution in [0.3, 0.4) is 0 Å². The summed E-state index contributed by atoms with van der Waals surface area (Å²) in [4.78, 5) is 27.0. The van der Waals surface area contributed by atoms with Gasteiger partial charge in [-0.2, -0.15) is 0 Å². The molecule has 19 heavy (non-hydrogen) atoms. The van der Waals surface area contributed by atoms with Crippen molar-refractivity contribution in [2.24, 2.45) is 5.92 Å². The molecule has 0 spiro atoms. The Labute approximate surface area is 114 Å². The van der Waals surface area contributed by atoms with Gasteiger partial charge in [0.15, 0.2) is 0 Å². The van der Waals surface area contributed by atoms with E-state index in [0.29, 0.717) is 26.1 Å². The van der Waals surface area contributed by atoms with Crippen molar-refractivity contribution in [3.05, 3.63) is 0 Å². The summed E-state index contributed by atoms with van der Waals surface area (Å²) in [6.07, 6.45) is 0.279. The fraction of sp³-hybridized carbons (Fsp3) is 0.846. The Morgan fingerprint density at radius 1 is 1.42 bits per heavy atom. The molecular formula is C13H24N2O4. The average molecular weight is 272 g/mol. The van der Waals surface area contributed by atoms with Gasteiger partial charge in [-0.25, -0.2) is 4.79 Å². The van der Waals surface area contributed by atoms with Gasteiger partial charge in [0.1, 0.15) is 5.60 Å². The van der Waals surface area contributed by atoms with Crippen molar-refractivity contribution in [1.29, 1.82) is 0 Å². The van der Waals surface area contributed by atoms with Crippen LogP contribution >= 0.6 is 0 Å². The number of nitrogens with zero attached hydrogens (tertiary/aromatic N) is 2. The molecule has 1 N–H and O–H groups in total. The van der Waals surface area contributed by atoms with Gasteiger partial charge in [-0.1, -0.05) is 0 Å². The Kier molecular flexibility index (Phi) is 5.17. The van der Waals surface area contributed by atoms with Crippen molar-refractivity contribution in [3.8, 4) is 0 Å². The minimum atomic E-state index is -0.521. The molecule has 0 aromatic rings. The first kappa shape index (κ1) is 15.8. The number of likely N-dealkylation sites (N-methyl/N-ethyl adjacent to an activating group) is 1.